The van der Waals surface area contributed by atoms with E-state index >= 15 is 0 Å². The number of rotatable bonds is 7. The van der Waals surface area contributed by atoms with Crippen LogP contribution in [0.1, 0.15) is 39.5 Å². The van der Waals surface area contributed by atoms with E-state index < -0.39 is 0 Å². The summed E-state index contributed by atoms with van der Waals surface area (Å²) in [6, 6.07) is 0. The van der Waals surface area contributed by atoms with Gasteiger partial charge < -0.3 is 0 Å². The van der Waals surface area contributed by atoms with Crippen LogP contribution in [0.25, 0.3) is 0 Å². The Labute approximate surface area is 93.4 Å². The molecule has 0 heterocycles. The molecule has 80 valence electrons. The highest BCUT2D eigenvalue weighted by Gasteiger charge is 2.05. The third-order valence-corrected chi connectivity index (χ3v) is 1.84. The van der Waals surface area contributed by atoms with Crippen LogP contribution in [0.3, 0.4) is 0 Å². The van der Waals surface area contributed by atoms with Gasteiger partial charge in [0.1, 0.15) is 0 Å². The molecular weight excluding hydrogens is 192 g/mol. The van der Waals surface area contributed by atoms with Crippen LogP contribution in [0.4, 0.5) is 0 Å². The van der Waals surface area contributed by atoms with Gasteiger partial charge in [0.15, 0.2) is 0 Å². The molecule has 0 bridgehead atoms. The lowest BCUT2D eigenvalue weighted by atomic mass is 10.1. The van der Waals surface area contributed by atoms with Gasteiger partial charge in [-0.3, -0.25) is 0 Å². The molecule has 0 spiro atoms. The van der Waals surface area contributed by atoms with Crippen LogP contribution in [0.2, 0.25) is 0 Å². The number of unbranched alkanes of at least 4 members (excludes halogenated alkanes) is 2. The molecule has 0 aromatic heterocycles. The van der Waals surface area contributed by atoms with E-state index in [1.807, 2.05) is 26.0 Å². The summed E-state index contributed by atoms with van der Waals surface area (Å²) in [5, 5.41) is 0. The van der Waals surface area contributed by atoms with Crippen LogP contribution in [-0.4, -0.2) is 4.87 Å². The summed E-state index contributed by atoms with van der Waals surface area (Å²) in [7, 11) is 0. The largest absolute Gasteiger partial charge is 0.115 e. The normalized spacial score (nSPS) is 12.8. The quantitative estimate of drug-likeness (QED) is 0.321. The van der Waals surface area contributed by atoms with Gasteiger partial charge in [0.05, 0.1) is 4.87 Å². The van der Waals surface area contributed by atoms with Crippen molar-refractivity contribution in [3.63, 3.8) is 0 Å². The molecule has 0 aromatic rings. The second-order valence-corrected chi connectivity index (χ2v) is 4.86. The van der Waals surface area contributed by atoms with E-state index in [9.17, 15) is 0 Å². The fourth-order valence-electron chi connectivity index (χ4n) is 1.01. The van der Waals surface area contributed by atoms with Gasteiger partial charge in [-0.25, -0.2) is 0 Å². The Kier molecular flexibility index (Phi) is 7.60. The summed E-state index contributed by atoms with van der Waals surface area (Å²) < 4.78 is 0. The lowest BCUT2D eigenvalue weighted by Crippen LogP contribution is -2.03. The smallest absolute Gasteiger partial charge is 0.0569 e. The lowest BCUT2D eigenvalue weighted by Gasteiger charge is -2.07. The number of alkyl halides is 1. The SMILES string of the molecule is C=CCC/C=C/CC/C=C/C(C)(C)Cl. The highest BCUT2D eigenvalue weighted by Crippen LogP contribution is 2.14. The van der Waals surface area contributed by atoms with Crippen molar-refractivity contribution in [2.75, 3.05) is 0 Å². The van der Waals surface area contributed by atoms with Crippen LogP contribution in [0.15, 0.2) is 37.0 Å². The van der Waals surface area contributed by atoms with Gasteiger partial charge in [-0.15, -0.1) is 18.2 Å². The van der Waals surface area contributed by atoms with E-state index in [2.05, 4.69) is 24.8 Å². The van der Waals surface area contributed by atoms with Gasteiger partial charge in [-0.1, -0.05) is 30.4 Å². The summed E-state index contributed by atoms with van der Waals surface area (Å²) >= 11 is 6.00. The van der Waals surface area contributed by atoms with E-state index in [0.29, 0.717) is 0 Å². The molecule has 0 amide bonds. The van der Waals surface area contributed by atoms with E-state index in [1.165, 1.54) is 0 Å². The number of halogens is 1. The molecule has 0 aromatic carbocycles. The van der Waals surface area contributed by atoms with Crippen molar-refractivity contribution >= 4 is 11.6 Å². The molecule has 0 saturated carbocycles. The molecule has 0 N–H and O–H groups in total. The van der Waals surface area contributed by atoms with E-state index in [4.69, 9.17) is 11.6 Å². The molecule has 0 aliphatic carbocycles. The topological polar surface area (TPSA) is 0 Å². The second kappa shape index (κ2) is 7.87. The van der Waals surface area contributed by atoms with Crippen molar-refractivity contribution in [1.29, 1.82) is 0 Å². The lowest BCUT2D eigenvalue weighted by molar-refractivity contribution is 0.870. The Hall–Kier alpha value is -0.490. The maximum absolute atomic E-state index is 6.00. The monoisotopic (exact) mass is 212 g/mol. The zero-order valence-electron chi connectivity index (χ0n) is 9.30. The van der Waals surface area contributed by atoms with Crippen molar-refractivity contribution in [2.45, 2.75) is 44.4 Å². The Morgan fingerprint density at radius 1 is 1.00 bits per heavy atom. The molecule has 0 radical (unpaired) electrons. The molecule has 0 unspecified atom stereocenters. The van der Waals surface area contributed by atoms with E-state index in [-0.39, 0.29) is 4.87 Å². The first kappa shape index (κ1) is 13.5. The zero-order valence-corrected chi connectivity index (χ0v) is 10.1. The summed E-state index contributed by atoms with van der Waals surface area (Å²) in [6.45, 7) is 7.66. The molecule has 0 fully saturated rings. The predicted molar refractivity (Wildman–Crippen MR) is 66.9 cm³/mol. The average Bonchev–Trinajstić information content (AvgIpc) is 2.08. The summed E-state index contributed by atoms with van der Waals surface area (Å²) in [6.07, 6.45) is 14.9. The third kappa shape index (κ3) is 11.5. The first-order valence-corrected chi connectivity index (χ1v) is 5.56. The van der Waals surface area contributed by atoms with Crippen LogP contribution < -0.4 is 0 Å². The summed E-state index contributed by atoms with van der Waals surface area (Å²) in [5.74, 6) is 0. The fourth-order valence-corrected chi connectivity index (χ4v) is 1.09. The van der Waals surface area contributed by atoms with Crippen LogP contribution in [0.5, 0.6) is 0 Å². The zero-order chi connectivity index (χ0) is 10.9. The molecule has 0 nitrogen and oxygen atoms in total. The van der Waals surface area contributed by atoms with E-state index in [1.54, 1.807) is 0 Å². The molecule has 0 aliphatic rings. The molecular formula is C13H21Cl. The van der Waals surface area contributed by atoms with E-state index in [0.717, 1.165) is 25.7 Å². The molecule has 0 atom stereocenters. The molecule has 0 saturated heterocycles. The maximum atomic E-state index is 6.00. The van der Waals surface area contributed by atoms with Gasteiger partial charge in [-0.2, -0.15) is 0 Å². The fraction of sp³-hybridized carbons (Fsp3) is 0.538. The molecule has 0 aliphatic heterocycles. The minimum atomic E-state index is -0.202. The predicted octanol–water partition coefficient (Wildman–Crippen LogP) is 4.86. The Morgan fingerprint density at radius 2 is 1.50 bits per heavy atom. The third-order valence-electron chi connectivity index (χ3n) is 1.72. The number of hydrogen-bond donors (Lipinski definition) is 0. The number of hydrogen-bond acceptors (Lipinski definition) is 0. The van der Waals surface area contributed by atoms with Gasteiger partial charge in [0.2, 0.25) is 0 Å². The van der Waals surface area contributed by atoms with Crippen molar-refractivity contribution in [3.05, 3.63) is 37.0 Å². The Bertz CT molecular complexity index is 194. The van der Waals surface area contributed by atoms with Crippen molar-refractivity contribution in [3.8, 4) is 0 Å². The van der Waals surface area contributed by atoms with Crippen LogP contribution in [0, 0.1) is 0 Å². The summed E-state index contributed by atoms with van der Waals surface area (Å²) in [5.41, 5.74) is 0. The van der Waals surface area contributed by atoms with Gasteiger partial charge in [0.25, 0.3) is 0 Å². The maximum Gasteiger partial charge on any atom is 0.0569 e. The van der Waals surface area contributed by atoms with Crippen molar-refractivity contribution in [1.82, 2.24) is 0 Å². The minimum Gasteiger partial charge on any atom is -0.115 e. The second-order valence-electron chi connectivity index (χ2n) is 3.88. The molecule has 14 heavy (non-hydrogen) atoms. The summed E-state index contributed by atoms with van der Waals surface area (Å²) in [4.78, 5) is -0.202. The molecule has 1 heteroatoms. The number of allylic oxidation sites excluding steroid dienone is 5. The first-order chi connectivity index (χ1) is 6.56. The first-order valence-electron chi connectivity index (χ1n) is 5.19. The highest BCUT2D eigenvalue weighted by atomic mass is 35.5. The Morgan fingerprint density at radius 3 is 2.00 bits per heavy atom. The standard InChI is InChI=1S/C13H21Cl/c1-4-5-6-7-8-9-10-11-12-13(2,3)14/h4,7-8,11-12H,1,5-6,9-10H2,2-3H3/b8-7+,12-11+. The average molecular weight is 213 g/mol. The van der Waals surface area contributed by atoms with Gasteiger partial charge in [-0.05, 0) is 39.5 Å². The van der Waals surface area contributed by atoms with Crippen molar-refractivity contribution < 1.29 is 0 Å². The molecule has 0 rings (SSSR count). The van der Waals surface area contributed by atoms with Crippen LogP contribution in [-0.2, 0) is 0 Å². The highest BCUT2D eigenvalue weighted by molar-refractivity contribution is 6.24. The minimum absolute atomic E-state index is 0.202. The van der Waals surface area contributed by atoms with Crippen molar-refractivity contribution in [2.24, 2.45) is 0 Å². The van der Waals surface area contributed by atoms with Gasteiger partial charge in [0, 0.05) is 0 Å². The van der Waals surface area contributed by atoms with Gasteiger partial charge >= 0.3 is 0 Å². The Balaban J connectivity index is 3.41. The van der Waals surface area contributed by atoms with Crippen LogP contribution >= 0.6 is 11.6 Å².